The number of amides is 1. The van der Waals surface area contributed by atoms with Gasteiger partial charge < -0.3 is 14.2 Å². The number of thioether (sulfide) groups is 1. The summed E-state index contributed by atoms with van der Waals surface area (Å²) in [5, 5.41) is 4.02. The fourth-order valence-corrected chi connectivity index (χ4v) is 4.93. The van der Waals surface area contributed by atoms with Crippen LogP contribution in [0.1, 0.15) is 27.4 Å². The van der Waals surface area contributed by atoms with Crippen LogP contribution in [0.2, 0.25) is 0 Å². The second kappa shape index (κ2) is 8.04. The van der Waals surface area contributed by atoms with E-state index in [0.29, 0.717) is 12.6 Å². The Morgan fingerprint density at radius 3 is 2.93 bits per heavy atom. The van der Waals surface area contributed by atoms with Gasteiger partial charge >= 0.3 is 0 Å². The number of carbonyl (C=O) groups excluding carboxylic acids is 1. The second-order valence-electron chi connectivity index (χ2n) is 7.10. The lowest BCUT2D eigenvalue weighted by Crippen LogP contribution is -2.59. The molecule has 144 valence electrons. The summed E-state index contributed by atoms with van der Waals surface area (Å²) >= 11 is 1.67. The van der Waals surface area contributed by atoms with Gasteiger partial charge in [-0.1, -0.05) is 17.3 Å². The average molecular weight is 388 g/mol. The van der Waals surface area contributed by atoms with Crippen LogP contribution >= 0.6 is 11.8 Å². The summed E-state index contributed by atoms with van der Waals surface area (Å²) in [6, 6.07) is 8.20. The predicted molar refractivity (Wildman–Crippen MR) is 104 cm³/mol. The van der Waals surface area contributed by atoms with Crippen LogP contribution in [0.5, 0.6) is 0 Å². The molecule has 0 radical (unpaired) electrons. The summed E-state index contributed by atoms with van der Waals surface area (Å²) in [7, 11) is 0. The van der Waals surface area contributed by atoms with E-state index in [4.69, 9.17) is 9.26 Å². The zero-order chi connectivity index (χ0) is 18.8. The third-order valence-electron chi connectivity index (χ3n) is 5.40. The van der Waals surface area contributed by atoms with Crippen LogP contribution in [0.3, 0.4) is 0 Å². The zero-order valence-electron chi connectivity index (χ0n) is 15.8. The van der Waals surface area contributed by atoms with E-state index in [9.17, 15) is 4.79 Å². The maximum absolute atomic E-state index is 13.2. The van der Waals surface area contributed by atoms with Gasteiger partial charge in [0.2, 0.25) is 0 Å². The summed E-state index contributed by atoms with van der Waals surface area (Å²) in [5.74, 6) is 1.70. The molecule has 0 saturated carbocycles. The lowest BCUT2D eigenvalue weighted by molar-refractivity contribution is -0.0395. The zero-order valence-corrected chi connectivity index (χ0v) is 16.6. The molecule has 2 saturated heterocycles. The molecule has 2 aliphatic rings. The normalized spacial score (nSPS) is 20.5. The van der Waals surface area contributed by atoms with Gasteiger partial charge in [0.15, 0.2) is 0 Å². The number of carbonyl (C=O) groups is 1. The van der Waals surface area contributed by atoms with Crippen LogP contribution in [-0.2, 0) is 10.5 Å². The number of morpholine rings is 1. The van der Waals surface area contributed by atoms with Crippen molar-refractivity contribution in [3.63, 3.8) is 0 Å². The molecule has 2 aromatic rings. The molecule has 0 bridgehead atoms. The van der Waals surface area contributed by atoms with Gasteiger partial charge in [-0.25, -0.2) is 0 Å². The number of aromatic nitrogens is 1. The minimum atomic E-state index is 0.113. The third kappa shape index (κ3) is 3.90. The molecule has 2 aliphatic heterocycles. The summed E-state index contributed by atoms with van der Waals surface area (Å²) in [5.41, 5.74) is 2.80. The molecule has 0 aliphatic carbocycles. The molecule has 4 rings (SSSR count). The summed E-state index contributed by atoms with van der Waals surface area (Å²) < 4.78 is 10.9. The number of hydrogen-bond acceptors (Lipinski definition) is 6. The van der Waals surface area contributed by atoms with Crippen LogP contribution in [0.15, 0.2) is 33.7 Å². The Kier molecular flexibility index (Phi) is 5.52. The van der Waals surface area contributed by atoms with E-state index in [-0.39, 0.29) is 5.91 Å². The first-order valence-electron chi connectivity index (χ1n) is 9.38. The number of benzene rings is 1. The van der Waals surface area contributed by atoms with Gasteiger partial charge in [0.25, 0.3) is 5.91 Å². The Hall–Kier alpha value is -1.83. The van der Waals surface area contributed by atoms with Crippen molar-refractivity contribution in [3.05, 3.63) is 46.8 Å². The number of hydrogen-bond donors (Lipinski definition) is 0. The first kappa shape index (κ1) is 18.5. The van der Waals surface area contributed by atoms with Crippen molar-refractivity contribution in [1.29, 1.82) is 0 Å². The predicted octanol–water partition coefficient (Wildman–Crippen LogP) is 2.74. The van der Waals surface area contributed by atoms with Gasteiger partial charge in [0, 0.05) is 42.4 Å². The third-order valence-corrected chi connectivity index (χ3v) is 6.50. The molecule has 7 heteroatoms. The fourth-order valence-electron chi connectivity index (χ4n) is 3.73. The van der Waals surface area contributed by atoms with E-state index in [1.54, 1.807) is 11.8 Å². The Morgan fingerprint density at radius 1 is 1.26 bits per heavy atom. The fraction of sp³-hybridized carbons (Fsp3) is 0.500. The van der Waals surface area contributed by atoms with Crippen LogP contribution in [-0.4, -0.2) is 66.3 Å². The monoisotopic (exact) mass is 387 g/mol. The number of rotatable bonds is 4. The minimum absolute atomic E-state index is 0.113. The maximum atomic E-state index is 13.2. The Morgan fingerprint density at radius 2 is 2.11 bits per heavy atom. The largest absolute Gasteiger partial charge is 0.378 e. The molecule has 1 atom stereocenters. The van der Waals surface area contributed by atoms with Crippen LogP contribution in [0, 0.1) is 13.8 Å². The molecule has 1 aromatic heterocycles. The lowest BCUT2D eigenvalue weighted by atomic mass is 10.1. The molecule has 2 fully saturated rings. The highest BCUT2D eigenvalue weighted by Gasteiger charge is 2.32. The standard InChI is InChI=1S/C20H25N3O3S/c1-14-18(15(2)26-21-14)13-27-19-6-4-3-5-17(19)20(24)23-8-7-22-9-10-25-12-16(22)11-23/h3-6,16H,7-13H2,1-2H3. The quantitative estimate of drug-likeness (QED) is 0.752. The average Bonchev–Trinajstić information content (AvgIpc) is 3.03. The van der Waals surface area contributed by atoms with Crippen LogP contribution in [0.4, 0.5) is 0 Å². The lowest BCUT2D eigenvalue weighted by Gasteiger charge is -2.43. The van der Waals surface area contributed by atoms with E-state index < -0.39 is 0 Å². The van der Waals surface area contributed by atoms with Gasteiger partial charge in [-0.05, 0) is 26.0 Å². The van der Waals surface area contributed by atoms with Crippen molar-refractivity contribution in [2.45, 2.75) is 30.5 Å². The smallest absolute Gasteiger partial charge is 0.255 e. The molecule has 27 heavy (non-hydrogen) atoms. The Balaban J connectivity index is 1.48. The molecule has 6 nitrogen and oxygen atoms in total. The van der Waals surface area contributed by atoms with Crippen molar-refractivity contribution in [3.8, 4) is 0 Å². The second-order valence-corrected chi connectivity index (χ2v) is 8.12. The molecule has 1 amide bonds. The highest BCUT2D eigenvalue weighted by molar-refractivity contribution is 7.98. The first-order valence-corrected chi connectivity index (χ1v) is 10.4. The minimum Gasteiger partial charge on any atom is -0.378 e. The van der Waals surface area contributed by atoms with Gasteiger partial charge in [-0.2, -0.15) is 0 Å². The van der Waals surface area contributed by atoms with E-state index in [1.807, 2.05) is 43.0 Å². The molecule has 0 spiro atoms. The van der Waals surface area contributed by atoms with Crippen molar-refractivity contribution in [1.82, 2.24) is 15.0 Å². The van der Waals surface area contributed by atoms with E-state index in [1.165, 1.54) is 0 Å². The van der Waals surface area contributed by atoms with Gasteiger partial charge in [-0.3, -0.25) is 9.69 Å². The molecule has 1 aromatic carbocycles. The number of ether oxygens (including phenoxy) is 1. The Labute approximate surface area is 163 Å². The van der Waals surface area contributed by atoms with Crippen LogP contribution < -0.4 is 0 Å². The van der Waals surface area contributed by atoms with Crippen molar-refractivity contribution in [2.75, 3.05) is 39.4 Å². The summed E-state index contributed by atoms with van der Waals surface area (Å²) in [4.78, 5) is 18.6. The van der Waals surface area contributed by atoms with Crippen LogP contribution in [0.25, 0.3) is 0 Å². The Bertz CT molecular complexity index is 803. The topological polar surface area (TPSA) is 58.8 Å². The highest BCUT2D eigenvalue weighted by atomic mass is 32.2. The van der Waals surface area contributed by atoms with Gasteiger partial charge in [-0.15, -0.1) is 11.8 Å². The molecule has 3 heterocycles. The highest BCUT2D eigenvalue weighted by Crippen LogP contribution is 2.30. The summed E-state index contributed by atoms with van der Waals surface area (Å²) in [6.07, 6.45) is 0. The molecular weight excluding hydrogens is 362 g/mol. The number of aryl methyl sites for hydroxylation is 2. The van der Waals surface area contributed by atoms with E-state index in [0.717, 1.165) is 66.0 Å². The van der Waals surface area contributed by atoms with Crippen molar-refractivity contribution in [2.24, 2.45) is 0 Å². The molecule has 1 unspecified atom stereocenters. The van der Waals surface area contributed by atoms with Gasteiger partial charge in [0.05, 0.1) is 30.5 Å². The number of piperazine rings is 1. The van der Waals surface area contributed by atoms with Crippen molar-refractivity contribution < 1.29 is 14.1 Å². The number of nitrogens with zero attached hydrogens (tertiary/aromatic N) is 3. The maximum Gasteiger partial charge on any atom is 0.255 e. The molecule has 0 N–H and O–H groups in total. The number of fused-ring (bicyclic) bond motifs is 1. The molecular formula is C20H25N3O3S. The van der Waals surface area contributed by atoms with Gasteiger partial charge in [0.1, 0.15) is 5.76 Å². The van der Waals surface area contributed by atoms with Crippen molar-refractivity contribution >= 4 is 17.7 Å². The SMILES string of the molecule is Cc1noc(C)c1CSc1ccccc1C(=O)N1CCN2CCOCC2C1. The summed E-state index contributed by atoms with van der Waals surface area (Å²) in [6.45, 7) is 8.80. The first-order chi connectivity index (χ1) is 13.1. The van der Waals surface area contributed by atoms with E-state index in [2.05, 4.69) is 10.1 Å². The van der Waals surface area contributed by atoms with E-state index >= 15 is 0 Å².